The van der Waals surface area contributed by atoms with Gasteiger partial charge < -0.3 is 5.32 Å². The Morgan fingerprint density at radius 1 is 1.41 bits per heavy atom. The molecule has 1 N–H and O–H groups in total. The van der Waals surface area contributed by atoms with Gasteiger partial charge in [-0.05, 0) is 6.07 Å². The second kappa shape index (κ2) is 4.74. The Morgan fingerprint density at radius 3 is 2.47 bits per heavy atom. The molecule has 0 aliphatic rings. The van der Waals surface area contributed by atoms with Gasteiger partial charge in [0.25, 0.3) is 5.69 Å². The maximum Gasteiger partial charge on any atom is 0.405 e. The Balaban J connectivity index is 3.05. The number of nitrogens with zero attached hydrogens (tertiary/aromatic N) is 1. The normalized spacial score (nSPS) is 11.4. The van der Waals surface area contributed by atoms with Crippen molar-refractivity contribution < 1.29 is 22.5 Å². The lowest BCUT2D eigenvalue weighted by atomic mass is 10.2. The summed E-state index contributed by atoms with van der Waals surface area (Å²) in [5.74, 6) is -1.07. The fourth-order valence-corrected chi connectivity index (χ4v) is 1.19. The van der Waals surface area contributed by atoms with Gasteiger partial charge in [0.05, 0.1) is 16.0 Å². The molecule has 0 saturated carbocycles. The van der Waals surface area contributed by atoms with Crippen LogP contribution in [-0.4, -0.2) is 17.6 Å². The molecule has 0 amide bonds. The van der Waals surface area contributed by atoms with Gasteiger partial charge in [-0.1, -0.05) is 11.6 Å². The number of halogens is 5. The molecule has 0 fully saturated rings. The maximum atomic E-state index is 12.9. The fourth-order valence-electron chi connectivity index (χ4n) is 1.02. The van der Waals surface area contributed by atoms with Gasteiger partial charge in [0.15, 0.2) is 0 Å². The van der Waals surface area contributed by atoms with Gasteiger partial charge >= 0.3 is 6.18 Å². The molecule has 1 aromatic rings. The van der Waals surface area contributed by atoms with Gasteiger partial charge in [0, 0.05) is 0 Å². The Morgan fingerprint density at radius 2 is 2.00 bits per heavy atom. The molecule has 1 rings (SSSR count). The molecule has 17 heavy (non-hydrogen) atoms. The quantitative estimate of drug-likeness (QED) is 0.521. The highest BCUT2D eigenvalue weighted by molar-refractivity contribution is 6.31. The first kappa shape index (κ1) is 13.5. The Hall–Kier alpha value is -1.57. The van der Waals surface area contributed by atoms with Crippen LogP contribution in [0.3, 0.4) is 0 Å². The van der Waals surface area contributed by atoms with Crippen molar-refractivity contribution in [1.29, 1.82) is 0 Å². The summed E-state index contributed by atoms with van der Waals surface area (Å²) < 4.78 is 48.7. The highest BCUT2D eigenvalue weighted by atomic mass is 35.5. The summed E-state index contributed by atoms with van der Waals surface area (Å²) in [5, 5.41) is 11.8. The smallest absolute Gasteiger partial charge is 0.371 e. The van der Waals surface area contributed by atoms with E-state index in [2.05, 4.69) is 0 Å². The average molecular weight is 273 g/mol. The highest BCUT2D eigenvalue weighted by Gasteiger charge is 2.28. The van der Waals surface area contributed by atoms with Crippen LogP contribution in [-0.2, 0) is 0 Å². The van der Waals surface area contributed by atoms with E-state index in [1.165, 1.54) is 0 Å². The lowest BCUT2D eigenvalue weighted by Gasteiger charge is -2.10. The first-order valence-electron chi connectivity index (χ1n) is 4.15. The molecule has 0 aromatic heterocycles. The van der Waals surface area contributed by atoms with Crippen LogP contribution in [0.5, 0.6) is 0 Å². The van der Waals surface area contributed by atoms with Crippen LogP contribution in [0.15, 0.2) is 12.1 Å². The zero-order chi connectivity index (χ0) is 13.2. The van der Waals surface area contributed by atoms with Gasteiger partial charge in [0.1, 0.15) is 18.0 Å². The van der Waals surface area contributed by atoms with Gasteiger partial charge in [0.2, 0.25) is 0 Å². The molecule has 9 heteroatoms. The van der Waals surface area contributed by atoms with Crippen LogP contribution in [0, 0.1) is 15.9 Å². The van der Waals surface area contributed by atoms with Crippen LogP contribution in [0.2, 0.25) is 5.02 Å². The Bertz CT molecular complexity index is 450. The molecule has 0 bridgehead atoms. The van der Waals surface area contributed by atoms with Crippen LogP contribution in [0.4, 0.5) is 28.9 Å². The number of alkyl halides is 3. The van der Waals surface area contributed by atoms with E-state index < -0.39 is 39.9 Å². The summed E-state index contributed by atoms with van der Waals surface area (Å²) in [6, 6.07) is 1.20. The van der Waals surface area contributed by atoms with E-state index in [1.807, 2.05) is 0 Å². The maximum absolute atomic E-state index is 12.9. The number of nitro groups is 1. The molecule has 0 spiro atoms. The van der Waals surface area contributed by atoms with Crippen molar-refractivity contribution in [2.45, 2.75) is 6.18 Å². The lowest BCUT2D eigenvalue weighted by molar-refractivity contribution is -0.384. The number of benzene rings is 1. The van der Waals surface area contributed by atoms with E-state index in [0.717, 1.165) is 6.07 Å². The number of rotatable bonds is 3. The van der Waals surface area contributed by atoms with Gasteiger partial charge in [-0.3, -0.25) is 10.1 Å². The minimum Gasteiger partial charge on any atom is -0.371 e. The molecule has 0 aliphatic heterocycles. The van der Waals surface area contributed by atoms with E-state index in [1.54, 1.807) is 5.32 Å². The third-order valence-corrected chi connectivity index (χ3v) is 2.00. The summed E-state index contributed by atoms with van der Waals surface area (Å²) in [7, 11) is 0. The summed E-state index contributed by atoms with van der Waals surface area (Å²) in [4.78, 5) is 9.48. The molecule has 1 aromatic carbocycles. The molecular formula is C8H5ClF4N2O2. The average Bonchev–Trinajstić information content (AvgIpc) is 2.17. The first-order valence-corrected chi connectivity index (χ1v) is 4.52. The van der Waals surface area contributed by atoms with E-state index in [0.29, 0.717) is 6.07 Å². The monoisotopic (exact) mass is 272 g/mol. The molecule has 94 valence electrons. The molecule has 0 atom stereocenters. The highest BCUT2D eigenvalue weighted by Crippen LogP contribution is 2.31. The lowest BCUT2D eigenvalue weighted by Crippen LogP contribution is -2.21. The zero-order valence-electron chi connectivity index (χ0n) is 8.02. The van der Waals surface area contributed by atoms with Crippen molar-refractivity contribution in [1.82, 2.24) is 0 Å². The molecular weight excluding hydrogens is 268 g/mol. The first-order chi connectivity index (χ1) is 7.70. The second-order valence-corrected chi connectivity index (χ2v) is 3.42. The molecule has 0 aliphatic carbocycles. The van der Waals surface area contributed by atoms with Crippen LogP contribution in [0.1, 0.15) is 0 Å². The van der Waals surface area contributed by atoms with E-state index >= 15 is 0 Å². The summed E-state index contributed by atoms with van der Waals surface area (Å²) in [6.07, 6.45) is -4.55. The topological polar surface area (TPSA) is 55.2 Å². The minimum absolute atomic E-state index is 0.459. The summed E-state index contributed by atoms with van der Waals surface area (Å²) in [6.45, 7) is -1.48. The van der Waals surface area contributed by atoms with Crippen molar-refractivity contribution in [3.8, 4) is 0 Å². The van der Waals surface area contributed by atoms with Gasteiger partial charge in [-0.25, -0.2) is 4.39 Å². The van der Waals surface area contributed by atoms with Crippen molar-refractivity contribution in [3.63, 3.8) is 0 Å². The summed E-state index contributed by atoms with van der Waals surface area (Å²) in [5.41, 5.74) is -1.30. The SMILES string of the molecule is O=[N+]([O-])c1cc(F)c(Cl)cc1NCC(F)(F)F. The Kier molecular flexibility index (Phi) is 3.76. The number of hydrogen-bond acceptors (Lipinski definition) is 3. The van der Waals surface area contributed by atoms with E-state index in [4.69, 9.17) is 11.6 Å². The van der Waals surface area contributed by atoms with Gasteiger partial charge in [-0.15, -0.1) is 0 Å². The zero-order valence-corrected chi connectivity index (χ0v) is 8.77. The molecule has 0 saturated heterocycles. The summed E-state index contributed by atoms with van der Waals surface area (Å²) >= 11 is 5.32. The molecule has 0 radical (unpaired) electrons. The van der Waals surface area contributed by atoms with Crippen LogP contribution < -0.4 is 5.32 Å². The predicted octanol–water partition coefficient (Wildman–Crippen LogP) is 3.36. The Labute approximate surface area is 97.3 Å². The minimum atomic E-state index is -4.55. The molecule has 0 unspecified atom stereocenters. The van der Waals surface area contributed by atoms with Crippen LogP contribution in [0.25, 0.3) is 0 Å². The number of nitro benzene ring substituents is 1. The number of hydrogen-bond donors (Lipinski definition) is 1. The number of anilines is 1. The molecule has 4 nitrogen and oxygen atoms in total. The standard InChI is InChI=1S/C8H5ClF4N2O2/c9-4-1-6(14-3-8(11,12)13)7(15(16)17)2-5(4)10/h1-2,14H,3H2. The van der Waals surface area contributed by atoms with E-state index in [-0.39, 0.29) is 0 Å². The third-order valence-electron chi connectivity index (χ3n) is 1.71. The van der Waals surface area contributed by atoms with E-state index in [9.17, 15) is 27.7 Å². The molecule has 0 heterocycles. The largest absolute Gasteiger partial charge is 0.405 e. The van der Waals surface area contributed by atoms with Gasteiger partial charge in [-0.2, -0.15) is 13.2 Å². The van der Waals surface area contributed by atoms with Crippen molar-refractivity contribution >= 4 is 23.0 Å². The van der Waals surface area contributed by atoms with Crippen molar-refractivity contribution in [3.05, 3.63) is 33.1 Å². The van der Waals surface area contributed by atoms with Crippen molar-refractivity contribution in [2.24, 2.45) is 0 Å². The van der Waals surface area contributed by atoms with Crippen molar-refractivity contribution in [2.75, 3.05) is 11.9 Å². The predicted molar refractivity (Wildman–Crippen MR) is 52.6 cm³/mol. The van der Waals surface area contributed by atoms with Crippen LogP contribution >= 0.6 is 11.6 Å². The fraction of sp³-hybridized carbons (Fsp3) is 0.250. The second-order valence-electron chi connectivity index (χ2n) is 3.01. The number of nitrogens with one attached hydrogen (secondary N) is 1. The third kappa shape index (κ3) is 3.74.